The number of rotatable bonds is 7. The van der Waals surface area contributed by atoms with E-state index in [4.69, 9.17) is 19.1 Å². The Hall–Kier alpha value is -4.12. The average molecular weight is 719 g/mol. The number of carbonyl (C=O) groups excluding carboxylic acids is 4. The first kappa shape index (κ1) is 30.7. The summed E-state index contributed by atoms with van der Waals surface area (Å²) in [4.78, 5) is 70.3. The van der Waals surface area contributed by atoms with Gasteiger partial charge in [0.2, 0.25) is 23.6 Å². The van der Waals surface area contributed by atoms with E-state index >= 15 is 0 Å². The van der Waals surface area contributed by atoms with E-state index < -0.39 is 106 Å². The predicted molar refractivity (Wildman–Crippen MR) is 172 cm³/mol. The largest absolute Gasteiger partial charge is 0.389 e. The third-order valence-corrected chi connectivity index (χ3v) is 13.6. The molecule has 8 heterocycles. The number of hydrogen-bond donors (Lipinski definition) is 0. The first-order valence-corrected chi connectivity index (χ1v) is 19.6. The van der Waals surface area contributed by atoms with Gasteiger partial charge >= 0.3 is 0 Å². The highest BCUT2D eigenvalue weighted by molar-refractivity contribution is 7.84. The molecule has 2 aromatic carbocycles. The van der Waals surface area contributed by atoms with E-state index in [2.05, 4.69) is 10.3 Å². The van der Waals surface area contributed by atoms with Crippen LogP contribution in [0.2, 0.25) is 0 Å². The summed E-state index contributed by atoms with van der Waals surface area (Å²) in [6, 6.07) is 14.3. The predicted octanol–water partition coefficient (Wildman–Crippen LogP) is 0.0642. The standard InChI is InChI=1S/C34H30N4O10S2/c1-49(43)15-7-3-13(4-8-15)23-21-25-17-19(27(45-25)29(21)47-35-23)33(41)37(31(17)39)11-12-38-32(40)18-20(34(38)42)28-30-22(26(18)46-28)24(36-48-30)14-5-9-16(10-6-14)50(2)44/h3-10,17-22,25-30H,11-12H2,1-2H3/t17-,18-,19+,20+,21-,22-,25-,26-,27+,28+,29-,30-,49?,50?/m1/s1. The van der Waals surface area contributed by atoms with Gasteiger partial charge in [-0.25, -0.2) is 0 Å². The van der Waals surface area contributed by atoms with E-state index in [0.717, 1.165) is 20.9 Å². The third kappa shape index (κ3) is 3.95. The Morgan fingerprint density at radius 1 is 0.520 bits per heavy atom. The minimum absolute atomic E-state index is 0.120. The lowest BCUT2D eigenvalue weighted by atomic mass is 9.71. The van der Waals surface area contributed by atoms with Crippen LogP contribution in [0.25, 0.3) is 0 Å². The molecule has 14 atom stereocenters. The molecule has 8 aliphatic rings. The molecule has 258 valence electrons. The van der Waals surface area contributed by atoms with Crippen LogP contribution in [-0.4, -0.2) is 115 Å². The summed E-state index contributed by atoms with van der Waals surface area (Å²) in [5.41, 5.74) is 2.78. The van der Waals surface area contributed by atoms with Gasteiger partial charge in [-0.3, -0.25) is 37.4 Å². The Labute approximate surface area is 290 Å². The number of amides is 4. The molecule has 14 nitrogen and oxygen atoms in total. The zero-order valence-corrected chi connectivity index (χ0v) is 28.3. The Morgan fingerprint density at radius 3 is 1.20 bits per heavy atom. The van der Waals surface area contributed by atoms with Gasteiger partial charge in [0, 0.05) is 57.0 Å². The van der Waals surface area contributed by atoms with Crippen molar-refractivity contribution in [1.29, 1.82) is 0 Å². The summed E-state index contributed by atoms with van der Waals surface area (Å²) in [6.45, 7) is -0.240. The van der Waals surface area contributed by atoms with Crippen LogP contribution in [0.15, 0.2) is 68.6 Å². The van der Waals surface area contributed by atoms with E-state index in [0.29, 0.717) is 21.2 Å². The first-order valence-electron chi connectivity index (χ1n) is 16.5. The van der Waals surface area contributed by atoms with Gasteiger partial charge in [0.1, 0.15) is 12.2 Å². The molecule has 0 aromatic heterocycles. The molecule has 0 saturated carbocycles. The van der Waals surface area contributed by atoms with Crippen LogP contribution in [0.4, 0.5) is 0 Å². The molecular formula is C34H30N4O10S2. The quantitative estimate of drug-likeness (QED) is 0.357. The van der Waals surface area contributed by atoms with Gasteiger partial charge in [0.15, 0.2) is 12.2 Å². The van der Waals surface area contributed by atoms with Crippen molar-refractivity contribution in [3.63, 3.8) is 0 Å². The van der Waals surface area contributed by atoms with Crippen molar-refractivity contribution in [3.05, 3.63) is 59.7 Å². The molecule has 0 aliphatic carbocycles. The zero-order chi connectivity index (χ0) is 34.3. The Kier molecular flexibility index (Phi) is 6.56. The molecule has 6 saturated heterocycles. The van der Waals surface area contributed by atoms with Crippen LogP contribution in [0.1, 0.15) is 11.1 Å². The van der Waals surface area contributed by atoms with Crippen molar-refractivity contribution < 1.29 is 46.7 Å². The molecule has 2 unspecified atom stereocenters. The number of oxime groups is 2. The normalized spacial score (nSPS) is 39.6. The zero-order valence-electron chi connectivity index (χ0n) is 26.6. The maximum atomic E-state index is 13.8. The van der Waals surface area contributed by atoms with Gasteiger partial charge in [-0.05, 0) is 35.4 Å². The van der Waals surface area contributed by atoms with Crippen LogP contribution in [0.3, 0.4) is 0 Å². The summed E-state index contributed by atoms with van der Waals surface area (Å²) in [7, 11) is -2.27. The summed E-state index contributed by atoms with van der Waals surface area (Å²) >= 11 is 0. The van der Waals surface area contributed by atoms with Crippen molar-refractivity contribution in [3.8, 4) is 0 Å². The Morgan fingerprint density at radius 2 is 0.860 bits per heavy atom. The van der Waals surface area contributed by atoms with Gasteiger partial charge in [0.05, 0.1) is 59.1 Å². The Balaban J connectivity index is 0.837. The second kappa shape index (κ2) is 10.7. The molecule has 4 amide bonds. The maximum Gasteiger partial charge on any atom is 0.236 e. The number of ether oxygens (including phenoxy) is 2. The molecule has 8 aliphatic heterocycles. The summed E-state index contributed by atoms with van der Waals surface area (Å²) in [6.07, 6.45) is -0.378. The van der Waals surface area contributed by atoms with Gasteiger partial charge in [-0.1, -0.05) is 34.6 Å². The highest BCUT2D eigenvalue weighted by Gasteiger charge is 2.74. The number of carbonyl (C=O) groups is 4. The lowest BCUT2D eigenvalue weighted by Gasteiger charge is -2.26. The summed E-state index contributed by atoms with van der Waals surface area (Å²) in [5, 5.41) is 8.62. The van der Waals surface area contributed by atoms with E-state index in [1.165, 1.54) is 0 Å². The van der Waals surface area contributed by atoms with Gasteiger partial charge < -0.3 is 19.1 Å². The Bertz CT molecular complexity index is 1880. The van der Waals surface area contributed by atoms with Crippen molar-refractivity contribution in [1.82, 2.24) is 9.80 Å². The molecule has 0 radical (unpaired) electrons. The molecule has 0 N–H and O–H groups in total. The van der Waals surface area contributed by atoms with E-state index in [9.17, 15) is 27.6 Å². The van der Waals surface area contributed by atoms with Crippen LogP contribution in [0, 0.1) is 35.5 Å². The van der Waals surface area contributed by atoms with Crippen LogP contribution >= 0.6 is 0 Å². The van der Waals surface area contributed by atoms with Crippen LogP contribution < -0.4 is 0 Å². The fourth-order valence-electron chi connectivity index (χ4n) is 9.59. The van der Waals surface area contributed by atoms with E-state index in [-0.39, 0.29) is 24.9 Å². The lowest BCUT2D eigenvalue weighted by molar-refractivity contribution is -0.148. The number of benzene rings is 2. The first-order chi connectivity index (χ1) is 24.1. The highest BCUT2D eigenvalue weighted by atomic mass is 32.2. The SMILES string of the molecule is CS(=O)c1ccc(C2=NO[C@H]3[C@H]4O[C@@H]([C@@H]23)[C@@H]2C(=O)N(CCN3C(=O)[C@@H]5[C@@H]6O[C@@H]([C@H]7C(c8ccc(S(C)=O)cc8)=NO[C@@H]67)[C@@H]5C3=O)C(=O)[C@H]42)cc1. The smallest absolute Gasteiger partial charge is 0.236 e. The van der Waals surface area contributed by atoms with Crippen molar-refractivity contribution in [2.45, 2.75) is 46.4 Å². The van der Waals surface area contributed by atoms with Crippen molar-refractivity contribution in [2.75, 3.05) is 25.6 Å². The fraction of sp³-hybridized carbons (Fsp3) is 0.471. The molecular weight excluding hydrogens is 689 g/mol. The monoisotopic (exact) mass is 718 g/mol. The van der Waals surface area contributed by atoms with Crippen LogP contribution in [-0.2, 0) is 59.9 Å². The fourth-order valence-corrected chi connectivity index (χ4v) is 10.6. The topological polar surface area (TPSA) is 171 Å². The van der Waals surface area contributed by atoms with Crippen molar-refractivity contribution >= 4 is 56.7 Å². The second-order valence-corrected chi connectivity index (χ2v) is 16.8. The number of imide groups is 2. The summed E-state index contributed by atoms with van der Waals surface area (Å²) < 4.78 is 36.1. The van der Waals surface area contributed by atoms with E-state index in [1.54, 1.807) is 36.8 Å². The van der Waals surface area contributed by atoms with Gasteiger partial charge in [-0.2, -0.15) is 0 Å². The molecule has 50 heavy (non-hydrogen) atoms. The third-order valence-electron chi connectivity index (χ3n) is 11.8. The highest BCUT2D eigenvalue weighted by Crippen LogP contribution is 2.56. The minimum Gasteiger partial charge on any atom is -0.389 e. The minimum atomic E-state index is -1.14. The molecule has 10 rings (SSSR count). The molecule has 16 heteroatoms. The molecule has 4 bridgehead atoms. The van der Waals surface area contributed by atoms with Gasteiger partial charge in [-0.15, -0.1) is 0 Å². The summed E-state index contributed by atoms with van der Waals surface area (Å²) in [5.74, 6) is -5.20. The average Bonchev–Trinajstić information content (AvgIpc) is 3.97. The maximum absolute atomic E-state index is 13.8. The van der Waals surface area contributed by atoms with E-state index in [1.807, 2.05) is 24.3 Å². The number of hydrogen-bond acceptors (Lipinski definition) is 12. The number of fused-ring (bicyclic) bond motifs is 16. The van der Waals surface area contributed by atoms with Crippen molar-refractivity contribution in [2.24, 2.45) is 45.8 Å². The van der Waals surface area contributed by atoms with Crippen LogP contribution in [0.5, 0.6) is 0 Å². The molecule has 6 fully saturated rings. The lowest BCUT2D eigenvalue weighted by Crippen LogP contribution is -2.45. The van der Waals surface area contributed by atoms with Gasteiger partial charge in [0.25, 0.3) is 0 Å². The number of likely N-dealkylation sites (tertiary alicyclic amines) is 2. The number of nitrogens with zero attached hydrogens (tertiary/aromatic N) is 4. The molecule has 0 spiro atoms. The molecule has 2 aromatic rings. The second-order valence-electron chi connectivity index (χ2n) is 14.0.